The number of carbonyl (C=O) groups excluding carboxylic acids is 1. The number of aromatic nitrogens is 2. The van der Waals surface area contributed by atoms with E-state index in [1.807, 2.05) is 11.8 Å². The maximum atomic E-state index is 14.8. The fraction of sp³-hybridized carbons (Fsp3) is 0.773. The van der Waals surface area contributed by atoms with Crippen LogP contribution < -0.4 is 9.80 Å². The average molecular weight is 421 g/mol. The second-order valence-corrected chi connectivity index (χ2v) is 9.40. The van der Waals surface area contributed by atoms with Crippen LogP contribution in [0.5, 0.6) is 0 Å². The van der Waals surface area contributed by atoms with Gasteiger partial charge in [-0.3, -0.25) is 4.79 Å². The van der Waals surface area contributed by atoms with Gasteiger partial charge in [0.25, 0.3) is 5.92 Å². The molecule has 3 unspecified atom stereocenters. The number of fused-ring (bicyclic) bond motifs is 3. The molecule has 3 saturated heterocycles. The zero-order chi connectivity index (χ0) is 21.0. The lowest BCUT2D eigenvalue weighted by Crippen LogP contribution is -2.56. The van der Waals surface area contributed by atoms with Crippen LogP contribution in [0, 0.1) is 17.8 Å². The molecule has 0 aromatic carbocycles. The van der Waals surface area contributed by atoms with Crippen molar-refractivity contribution in [3.63, 3.8) is 0 Å². The summed E-state index contributed by atoms with van der Waals surface area (Å²) in [7, 11) is 0. The van der Waals surface area contributed by atoms with Crippen LogP contribution in [0.15, 0.2) is 0 Å². The molecule has 2 bridgehead atoms. The number of rotatable bonds is 5. The van der Waals surface area contributed by atoms with Crippen molar-refractivity contribution in [2.75, 3.05) is 36.0 Å². The maximum absolute atomic E-state index is 14.8. The van der Waals surface area contributed by atoms with E-state index in [-0.39, 0.29) is 24.1 Å². The molecule has 4 fully saturated rings. The van der Waals surface area contributed by atoms with Crippen molar-refractivity contribution in [1.82, 2.24) is 9.97 Å². The number of esters is 1. The van der Waals surface area contributed by atoms with Crippen molar-refractivity contribution in [3.05, 3.63) is 11.3 Å². The molecule has 0 radical (unpaired) electrons. The van der Waals surface area contributed by atoms with Gasteiger partial charge in [-0.25, -0.2) is 4.98 Å². The number of nitrogens with zero attached hydrogens (tertiary/aromatic N) is 4. The van der Waals surface area contributed by atoms with E-state index in [4.69, 9.17) is 9.72 Å². The number of hydrogen-bond donors (Lipinski definition) is 0. The highest BCUT2D eigenvalue weighted by Crippen LogP contribution is 2.50. The molecule has 164 valence electrons. The highest BCUT2D eigenvalue weighted by atomic mass is 19.3. The highest BCUT2D eigenvalue weighted by molar-refractivity contribution is 5.70. The number of anilines is 2. The molecule has 4 heterocycles. The molecular formula is C22H30F2N4O2. The van der Waals surface area contributed by atoms with Crippen molar-refractivity contribution < 1.29 is 18.3 Å². The van der Waals surface area contributed by atoms with E-state index < -0.39 is 5.92 Å². The summed E-state index contributed by atoms with van der Waals surface area (Å²) in [5.41, 5.74) is 0.571. The molecule has 6 nitrogen and oxygen atoms in total. The van der Waals surface area contributed by atoms with Crippen LogP contribution in [0.25, 0.3) is 0 Å². The third-order valence-corrected chi connectivity index (χ3v) is 7.55. The number of halogens is 2. The molecule has 0 spiro atoms. The van der Waals surface area contributed by atoms with Gasteiger partial charge in [0.15, 0.2) is 0 Å². The van der Waals surface area contributed by atoms with Gasteiger partial charge in [0, 0.05) is 44.1 Å². The van der Waals surface area contributed by atoms with Crippen molar-refractivity contribution in [2.24, 2.45) is 17.8 Å². The number of hydrogen-bond acceptors (Lipinski definition) is 6. The Morgan fingerprint density at radius 3 is 2.67 bits per heavy atom. The summed E-state index contributed by atoms with van der Waals surface area (Å²) >= 11 is 0. The van der Waals surface area contributed by atoms with Crippen molar-refractivity contribution in [2.45, 2.75) is 64.3 Å². The first-order chi connectivity index (χ1) is 14.4. The Labute approximate surface area is 176 Å². The van der Waals surface area contributed by atoms with Crippen molar-refractivity contribution >= 4 is 17.7 Å². The Hall–Kier alpha value is -1.99. The summed E-state index contributed by atoms with van der Waals surface area (Å²) in [6.07, 6.45) is 3.53. The molecule has 1 aromatic heterocycles. The number of carbonyl (C=O) groups is 1. The van der Waals surface area contributed by atoms with Gasteiger partial charge in [-0.1, -0.05) is 0 Å². The molecular weight excluding hydrogens is 390 g/mol. The zero-order valence-electron chi connectivity index (χ0n) is 17.7. The molecule has 6 rings (SSSR count). The lowest BCUT2D eigenvalue weighted by molar-refractivity contribution is -0.147. The van der Waals surface area contributed by atoms with Crippen LogP contribution in [-0.2, 0) is 21.9 Å². The third kappa shape index (κ3) is 3.23. The van der Waals surface area contributed by atoms with E-state index in [1.54, 1.807) is 0 Å². The van der Waals surface area contributed by atoms with Crippen molar-refractivity contribution in [1.29, 1.82) is 0 Å². The van der Waals surface area contributed by atoms with Crippen LogP contribution in [0.4, 0.5) is 20.5 Å². The third-order valence-electron chi connectivity index (χ3n) is 7.55. The second kappa shape index (κ2) is 7.31. The fourth-order valence-corrected chi connectivity index (χ4v) is 5.71. The SMILES string of the molecule is CCOC(=O)CC1C2CC1CN(c1nc(N3CCC3C)nc3c1CCCC3(F)F)C2. The first-order valence-corrected chi connectivity index (χ1v) is 11.3. The number of piperidine rings is 2. The largest absolute Gasteiger partial charge is 0.466 e. The minimum Gasteiger partial charge on any atom is -0.466 e. The monoisotopic (exact) mass is 420 g/mol. The Bertz CT molecular complexity index is 837. The summed E-state index contributed by atoms with van der Waals surface area (Å²) in [5, 5.41) is 0. The Morgan fingerprint density at radius 2 is 2.03 bits per heavy atom. The number of alkyl halides is 2. The predicted molar refractivity (Wildman–Crippen MR) is 109 cm³/mol. The van der Waals surface area contributed by atoms with E-state index in [9.17, 15) is 13.6 Å². The summed E-state index contributed by atoms with van der Waals surface area (Å²) in [6.45, 7) is 6.67. The predicted octanol–water partition coefficient (Wildman–Crippen LogP) is 3.53. The van der Waals surface area contributed by atoms with E-state index in [1.165, 1.54) is 0 Å². The van der Waals surface area contributed by atoms with E-state index >= 15 is 0 Å². The van der Waals surface area contributed by atoms with E-state index in [2.05, 4.69) is 16.8 Å². The molecule has 8 heteroatoms. The summed E-state index contributed by atoms with van der Waals surface area (Å²) in [6, 6.07) is 0.289. The molecule has 3 atom stereocenters. The smallest absolute Gasteiger partial charge is 0.306 e. The maximum Gasteiger partial charge on any atom is 0.306 e. The van der Waals surface area contributed by atoms with Gasteiger partial charge >= 0.3 is 5.97 Å². The Balaban J connectivity index is 1.42. The highest BCUT2D eigenvalue weighted by Gasteiger charge is 2.49. The Morgan fingerprint density at radius 1 is 1.27 bits per heavy atom. The van der Waals surface area contributed by atoms with Crippen molar-refractivity contribution in [3.8, 4) is 0 Å². The minimum absolute atomic E-state index is 0.0600. The minimum atomic E-state index is -2.89. The molecule has 1 saturated carbocycles. The Kier molecular flexibility index (Phi) is 4.86. The molecule has 5 aliphatic rings. The van der Waals surface area contributed by atoms with Gasteiger partial charge in [-0.15, -0.1) is 0 Å². The van der Waals surface area contributed by atoms with Crippen LogP contribution in [0.1, 0.15) is 57.2 Å². The van der Waals surface area contributed by atoms with Gasteiger partial charge in [-0.2, -0.15) is 13.8 Å². The summed E-state index contributed by atoms with van der Waals surface area (Å²) < 4.78 is 34.7. The normalized spacial score (nSPS) is 31.5. The van der Waals surface area contributed by atoms with E-state index in [0.29, 0.717) is 61.0 Å². The lowest BCUT2D eigenvalue weighted by atomic mass is 9.60. The van der Waals surface area contributed by atoms with E-state index in [0.717, 1.165) is 32.5 Å². The molecule has 0 amide bonds. The quantitative estimate of drug-likeness (QED) is 0.680. The first-order valence-electron chi connectivity index (χ1n) is 11.3. The number of ether oxygens (including phenoxy) is 1. The summed E-state index contributed by atoms with van der Waals surface area (Å²) in [4.78, 5) is 25.4. The zero-order valence-corrected chi connectivity index (χ0v) is 17.7. The van der Waals surface area contributed by atoms with Crippen LogP contribution in [0.2, 0.25) is 0 Å². The van der Waals surface area contributed by atoms with Gasteiger partial charge in [0.05, 0.1) is 6.61 Å². The first kappa shape index (κ1) is 19.9. The van der Waals surface area contributed by atoms with Crippen LogP contribution in [-0.4, -0.2) is 48.2 Å². The van der Waals surface area contributed by atoms with Gasteiger partial charge in [-0.05, 0) is 57.3 Å². The van der Waals surface area contributed by atoms with Crippen LogP contribution >= 0.6 is 0 Å². The van der Waals surface area contributed by atoms with Crippen LogP contribution in [0.3, 0.4) is 0 Å². The average Bonchev–Trinajstić information content (AvgIpc) is 2.71. The molecule has 2 aliphatic carbocycles. The standard InChI is InChI=1S/C22H30F2N4O2/c1-3-30-18(29)10-17-14-9-15(17)12-27(11-14)20-16-5-4-7-22(23,24)19(16)25-21(26-20)28-8-6-13(28)2/h13-15,17H,3-12H2,1-2H3. The lowest BCUT2D eigenvalue weighted by Gasteiger charge is -2.54. The van der Waals surface area contributed by atoms with Gasteiger partial charge in [0.2, 0.25) is 5.95 Å². The molecule has 0 N–H and O–H groups in total. The summed E-state index contributed by atoms with van der Waals surface area (Å²) in [5.74, 6) is -0.722. The molecule has 1 aromatic rings. The van der Waals surface area contributed by atoms with Gasteiger partial charge in [0.1, 0.15) is 11.5 Å². The molecule has 3 aliphatic heterocycles. The molecule has 30 heavy (non-hydrogen) atoms. The fourth-order valence-electron chi connectivity index (χ4n) is 5.71. The topological polar surface area (TPSA) is 58.6 Å². The second-order valence-electron chi connectivity index (χ2n) is 9.40. The van der Waals surface area contributed by atoms with Gasteiger partial charge < -0.3 is 14.5 Å².